The zero-order valence-electron chi connectivity index (χ0n) is 17.2. The Hall–Kier alpha value is -4.40. The fraction of sp³-hybridized carbons (Fsp3) is 0.0833. The third-order valence-electron chi connectivity index (χ3n) is 4.90. The number of carbonyl (C=O) groups is 1. The SMILES string of the molecule is O=C(NCc1ccc(F)cc1)c1nn(-c2ccccc2)c(=O)n(Cc2ccc(F)cc2)c1=O. The second-order valence-electron chi connectivity index (χ2n) is 7.21. The minimum Gasteiger partial charge on any atom is -0.346 e. The Kier molecular flexibility index (Phi) is 6.21. The van der Waals surface area contributed by atoms with Crippen LogP contribution in [0.25, 0.3) is 5.69 Å². The van der Waals surface area contributed by atoms with Crippen LogP contribution in [0.15, 0.2) is 88.5 Å². The number of aromatic nitrogens is 3. The third kappa shape index (κ3) is 4.93. The smallest absolute Gasteiger partial charge is 0.346 e. The topological polar surface area (TPSA) is 86.0 Å². The van der Waals surface area contributed by atoms with Gasteiger partial charge in [-0.05, 0) is 47.5 Å². The Morgan fingerprint density at radius 1 is 0.818 bits per heavy atom. The maximum atomic E-state index is 13.3. The summed E-state index contributed by atoms with van der Waals surface area (Å²) < 4.78 is 28.2. The fourth-order valence-electron chi connectivity index (χ4n) is 3.17. The first-order chi connectivity index (χ1) is 15.9. The first-order valence-electron chi connectivity index (χ1n) is 9.99. The lowest BCUT2D eigenvalue weighted by atomic mass is 10.2. The molecule has 0 aliphatic carbocycles. The molecule has 0 spiro atoms. The predicted molar refractivity (Wildman–Crippen MR) is 117 cm³/mol. The molecule has 3 aromatic carbocycles. The molecule has 33 heavy (non-hydrogen) atoms. The number of carbonyl (C=O) groups excluding carboxylic acids is 1. The molecule has 9 heteroatoms. The van der Waals surface area contributed by atoms with Gasteiger partial charge in [-0.25, -0.2) is 13.6 Å². The summed E-state index contributed by atoms with van der Waals surface area (Å²) >= 11 is 0. The van der Waals surface area contributed by atoms with Crippen molar-refractivity contribution in [2.75, 3.05) is 0 Å². The number of nitrogens with one attached hydrogen (secondary N) is 1. The summed E-state index contributed by atoms with van der Waals surface area (Å²) in [5.74, 6) is -1.66. The predicted octanol–water partition coefficient (Wildman–Crippen LogP) is 2.65. The molecule has 0 saturated carbocycles. The maximum Gasteiger partial charge on any atom is 0.352 e. The maximum absolute atomic E-state index is 13.3. The number of benzene rings is 3. The van der Waals surface area contributed by atoms with E-state index in [9.17, 15) is 23.2 Å². The monoisotopic (exact) mass is 448 g/mol. The average molecular weight is 448 g/mol. The Morgan fingerprint density at radius 3 is 2.00 bits per heavy atom. The van der Waals surface area contributed by atoms with E-state index < -0.39 is 34.5 Å². The minimum absolute atomic E-state index is 0.0304. The van der Waals surface area contributed by atoms with Gasteiger partial charge in [0.25, 0.3) is 11.5 Å². The summed E-state index contributed by atoms with van der Waals surface area (Å²) in [7, 11) is 0. The van der Waals surface area contributed by atoms with Crippen molar-refractivity contribution >= 4 is 5.91 Å². The molecule has 0 bridgehead atoms. The molecule has 1 N–H and O–H groups in total. The average Bonchev–Trinajstić information content (AvgIpc) is 2.83. The van der Waals surface area contributed by atoms with E-state index in [1.54, 1.807) is 30.3 Å². The van der Waals surface area contributed by atoms with Crippen molar-refractivity contribution < 1.29 is 13.6 Å². The van der Waals surface area contributed by atoms with Crippen LogP contribution in [0.4, 0.5) is 8.78 Å². The Balaban J connectivity index is 1.74. The molecule has 1 amide bonds. The third-order valence-corrected chi connectivity index (χ3v) is 4.90. The van der Waals surface area contributed by atoms with E-state index in [0.717, 1.165) is 9.25 Å². The van der Waals surface area contributed by atoms with Crippen LogP contribution in [0.3, 0.4) is 0 Å². The Labute approximate surface area is 186 Å². The first-order valence-corrected chi connectivity index (χ1v) is 9.99. The molecular formula is C24H18F2N4O3. The van der Waals surface area contributed by atoms with Gasteiger partial charge in [0, 0.05) is 6.54 Å². The quantitative estimate of drug-likeness (QED) is 0.492. The van der Waals surface area contributed by atoms with Gasteiger partial charge >= 0.3 is 5.69 Å². The normalized spacial score (nSPS) is 10.7. The van der Waals surface area contributed by atoms with Gasteiger partial charge in [-0.1, -0.05) is 42.5 Å². The van der Waals surface area contributed by atoms with E-state index in [-0.39, 0.29) is 13.1 Å². The molecule has 0 fully saturated rings. The number of nitrogens with zero attached hydrogens (tertiary/aromatic N) is 3. The van der Waals surface area contributed by atoms with Gasteiger partial charge in [-0.2, -0.15) is 9.78 Å². The van der Waals surface area contributed by atoms with Gasteiger partial charge in [0.2, 0.25) is 5.69 Å². The van der Waals surface area contributed by atoms with Crippen LogP contribution in [0.1, 0.15) is 21.6 Å². The van der Waals surface area contributed by atoms with Gasteiger partial charge < -0.3 is 5.32 Å². The number of rotatable bonds is 6. The van der Waals surface area contributed by atoms with Crippen LogP contribution in [0.2, 0.25) is 0 Å². The van der Waals surface area contributed by atoms with Crippen molar-refractivity contribution in [3.8, 4) is 5.69 Å². The number of hydrogen-bond acceptors (Lipinski definition) is 4. The van der Waals surface area contributed by atoms with Crippen molar-refractivity contribution in [2.45, 2.75) is 13.1 Å². The van der Waals surface area contributed by atoms with Gasteiger partial charge in [-0.15, -0.1) is 0 Å². The lowest BCUT2D eigenvalue weighted by Gasteiger charge is -2.12. The fourth-order valence-corrected chi connectivity index (χ4v) is 3.17. The molecular weight excluding hydrogens is 430 g/mol. The molecule has 1 heterocycles. The highest BCUT2D eigenvalue weighted by Crippen LogP contribution is 2.06. The van der Waals surface area contributed by atoms with Crippen molar-refractivity contribution in [1.82, 2.24) is 19.7 Å². The molecule has 0 unspecified atom stereocenters. The van der Waals surface area contributed by atoms with Crippen LogP contribution >= 0.6 is 0 Å². The standard InChI is InChI=1S/C24H18F2N4O3/c25-18-10-6-16(7-11-18)14-27-22(31)21-23(32)29(15-17-8-12-19(26)13-9-17)24(33)30(28-21)20-4-2-1-3-5-20/h1-13H,14-15H2,(H,27,31). The molecule has 0 saturated heterocycles. The first kappa shape index (κ1) is 21.8. The highest BCUT2D eigenvalue weighted by molar-refractivity contribution is 5.91. The van der Waals surface area contributed by atoms with E-state index >= 15 is 0 Å². The second kappa shape index (κ2) is 9.39. The summed E-state index contributed by atoms with van der Waals surface area (Å²) in [6.07, 6.45) is 0. The van der Waals surface area contributed by atoms with E-state index in [0.29, 0.717) is 16.8 Å². The zero-order chi connectivity index (χ0) is 23.4. The molecule has 0 aliphatic rings. The summed E-state index contributed by atoms with van der Waals surface area (Å²) in [5, 5.41) is 6.59. The number of amides is 1. The molecule has 7 nitrogen and oxygen atoms in total. The minimum atomic E-state index is -0.881. The van der Waals surface area contributed by atoms with Crippen molar-refractivity contribution in [2.24, 2.45) is 0 Å². The van der Waals surface area contributed by atoms with Crippen molar-refractivity contribution in [1.29, 1.82) is 0 Å². The molecule has 1 aromatic heterocycles. The summed E-state index contributed by atoms with van der Waals surface area (Å²) in [5.41, 5.74) is -0.629. The van der Waals surface area contributed by atoms with Crippen LogP contribution in [0, 0.1) is 11.6 Å². The van der Waals surface area contributed by atoms with Crippen molar-refractivity contribution in [3.63, 3.8) is 0 Å². The van der Waals surface area contributed by atoms with Crippen LogP contribution in [-0.4, -0.2) is 20.3 Å². The molecule has 0 radical (unpaired) electrons. The number of para-hydroxylation sites is 1. The van der Waals surface area contributed by atoms with E-state index in [1.807, 2.05) is 0 Å². The molecule has 0 aliphatic heterocycles. The highest BCUT2D eigenvalue weighted by Gasteiger charge is 2.20. The van der Waals surface area contributed by atoms with Gasteiger partial charge in [0.05, 0.1) is 12.2 Å². The van der Waals surface area contributed by atoms with Gasteiger partial charge in [-0.3, -0.25) is 14.2 Å². The Morgan fingerprint density at radius 2 is 1.39 bits per heavy atom. The van der Waals surface area contributed by atoms with Crippen molar-refractivity contribution in [3.05, 3.63) is 128 Å². The molecule has 4 rings (SSSR count). The summed E-state index contributed by atoms with van der Waals surface area (Å²) in [4.78, 5) is 38.9. The second-order valence-corrected chi connectivity index (χ2v) is 7.21. The summed E-state index contributed by atoms with van der Waals surface area (Å²) in [6.45, 7) is -0.145. The lowest BCUT2D eigenvalue weighted by molar-refractivity contribution is 0.0941. The van der Waals surface area contributed by atoms with E-state index in [2.05, 4.69) is 10.4 Å². The van der Waals surface area contributed by atoms with Crippen LogP contribution in [0.5, 0.6) is 0 Å². The zero-order valence-corrected chi connectivity index (χ0v) is 17.2. The van der Waals surface area contributed by atoms with Crippen LogP contribution < -0.4 is 16.6 Å². The number of halogens is 2. The molecule has 4 aromatic rings. The summed E-state index contributed by atoms with van der Waals surface area (Å²) in [6, 6.07) is 19.2. The molecule has 0 atom stereocenters. The van der Waals surface area contributed by atoms with Gasteiger partial charge in [0.1, 0.15) is 11.6 Å². The van der Waals surface area contributed by atoms with E-state index in [4.69, 9.17) is 0 Å². The highest BCUT2D eigenvalue weighted by atomic mass is 19.1. The van der Waals surface area contributed by atoms with Gasteiger partial charge in [0.15, 0.2) is 0 Å². The number of hydrogen-bond donors (Lipinski definition) is 1. The Bertz CT molecular complexity index is 1400. The lowest BCUT2D eigenvalue weighted by Crippen LogP contribution is -2.46. The van der Waals surface area contributed by atoms with Crippen LogP contribution in [-0.2, 0) is 13.1 Å². The van der Waals surface area contributed by atoms with E-state index in [1.165, 1.54) is 48.5 Å². The largest absolute Gasteiger partial charge is 0.352 e. The molecule has 166 valence electrons.